The summed E-state index contributed by atoms with van der Waals surface area (Å²) in [5.41, 5.74) is 3.92. The van der Waals surface area contributed by atoms with Crippen molar-refractivity contribution in [2.75, 3.05) is 13.1 Å². The highest BCUT2D eigenvalue weighted by atomic mass is 35.5. The first-order chi connectivity index (χ1) is 11.3. The number of benzene rings is 2. The van der Waals surface area contributed by atoms with Crippen LogP contribution in [0.2, 0.25) is 0 Å². The minimum absolute atomic E-state index is 0. The summed E-state index contributed by atoms with van der Waals surface area (Å²) >= 11 is 0. The number of fused-ring (bicyclic) bond motifs is 1. The van der Waals surface area contributed by atoms with Crippen molar-refractivity contribution >= 4 is 12.4 Å². The number of rotatable bonds is 6. The average Bonchev–Trinajstić information content (AvgIpc) is 2.59. The second-order valence-electron chi connectivity index (χ2n) is 6.58. The Morgan fingerprint density at radius 3 is 2.58 bits per heavy atom. The van der Waals surface area contributed by atoms with E-state index in [0.29, 0.717) is 11.8 Å². The maximum atomic E-state index is 10.0. The lowest BCUT2D eigenvalue weighted by Gasteiger charge is -2.35. The number of aromatic hydroxyl groups is 1. The van der Waals surface area contributed by atoms with E-state index in [4.69, 9.17) is 0 Å². The van der Waals surface area contributed by atoms with Gasteiger partial charge in [0.05, 0.1) is 0 Å². The number of phenolic OH excluding ortho intramolecular Hbond substituents is 1. The molecule has 0 radical (unpaired) electrons. The SMILES string of the molecule is CCCN(CCc1ccccc1)[C@@H]1CCc2c(O)cccc2C1.Cl. The van der Waals surface area contributed by atoms with E-state index in [-0.39, 0.29) is 12.4 Å². The highest BCUT2D eigenvalue weighted by Crippen LogP contribution is 2.30. The summed E-state index contributed by atoms with van der Waals surface area (Å²) in [7, 11) is 0. The van der Waals surface area contributed by atoms with Gasteiger partial charge in [-0.05, 0) is 61.4 Å². The van der Waals surface area contributed by atoms with Gasteiger partial charge in [0.1, 0.15) is 5.75 Å². The molecular formula is C21H28ClNO. The molecule has 0 heterocycles. The quantitative estimate of drug-likeness (QED) is 0.825. The van der Waals surface area contributed by atoms with Gasteiger partial charge in [0.2, 0.25) is 0 Å². The number of hydrogen-bond donors (Lipinski definition) is 1. The zero-order valence-electron chi connectivity index (χ0n) is 14.4. The summed E-state index contributed by atoms with van der Waals surface area (Å²) in [6.45, 7) is 4.54. The van der Waals surface area contributed by atoms with E-state index in [9.17, 15) is 5.11 Å². The molecule has 0 saturated heterocycles. The standard InChI is InChI=1S/C21H27NO.ClH/c1-2-14-22(15-13-17-7-4-3-5-8-17)19-11-12-20-18(16-19)9-6-10-21(20)23;/h3-10,19,23H,2,11-16H2,1H3;1H/t19-;/m1./s1. The molecule has 130 valence electrons. The monoisotopic (exact) mass is 345 g/mol. The molecule has 3 heteroatoms. The molecule has 0 aromatic heterocycles. The van der Waals surface area contributed by atoms with Crippen LogP contribution in [-0.4, -0.2) is 29.1 Å². The zero-order valence-corrected chi connectivity index (χ0v) is 15.3. The van der Waals surface area contributed by atoms with E-state index in [0.717, 1.165) is 38.8 Å². The van der Waals surface area contributed by atoms with Crippen LogP contribution in [0.3, 0.4) is 0 Å². The molecule has 0 bridgehead atoms. The molecule has 0 amide bonds. The van der Waals surface area contributed by atoms with E-state index in [2.05, 4.69) is 48.2 Å². The Bertz CT molecular complexity index is 629. The van der Waals surface area contributed by atoms with Gasteiger partial charge >= 0.3 is 0 Å². The van der Waals surface area contributed by atoms with Crippen molar-refractivity contribution in [3.05, 3.63) is 65.2 Å². The fourth-order valence-corrected chi connectivity index (χ4v) is 3.76. The van der Waals surface area contributed by atoms with Crippen molar-refractivity contribution in [2.24, 2.45) is 0 Å². The molecule has 0 saturated carbocycles. The maximum Gasteiger partial charge on any atom is 0.119 e. The minimum atomic E-state index is 0. The fraction of sp³-hybridized carbons (Fsp3) is 0.429. The van der Waals surface area contributed by atoms with Crippen LogP contribution in [-0.2, 0) is 19.3 Å². The van der Waals surface area contributed by atoms with Gasteiger partial charge in [-0.3, -0.25) is 4.90 Å². The maximum absolute atomic E-state index is 10.0. The molecule has 0 unspecified atom stereocenters. The van der Waals surface area contributed by atoms with Gasteiger partial charge < -0.3 is 5.11 Å². The summed E-state index contributed by atoms with van der Waals surface area (Å²) in [4.78, 5) is 2.65. The van der Waals surface area contributed by atoms with Crippen molar-refractivity contribution in [2.45, 2.75) is 45.1 Å². The van der Waals surface area contributed by atoms with Gasteiger partial charge in [0.15, 0.2) is 0 Å². The first-order valence-corrected chi connectivity index (χ1v) is 8.85. The van der Waals surface area contributed by atoms with Crippen LogP contribution in [0.1, 0.15) is 36.5 Å². The topological polar surface area (TPSA) is 23.5 Å². The minimum Gasteiger partial charge on any atom is -0.508 e. The molecule has 1 N–H and O–H groups in total. The van der Waals surface area contributed by atoms with Crippen LogP contribution >= 0.6 is 12.4 Å². The van der Waals surface area contributed by atoms with Crippen molar-refractivity contribution in [3.8, 4) is 5.75 Å². The van der Waals surface area contributed by atoms with Crippen LogP contribution < -0.4 is 0 Å². The van der Waals surface area contributed by atoms with Crippen LogP contribution in [0, 0.1) is 0 Å². The smallest absolute Gasteiger partial charge is 0.119 e. The van der Waals surface area contributed by atoms with Gasteiger partial charge in [0.25, 0.3) is 0 Å². The average molecular weight is 346 g/mol. The Labute approximate surface area is 151 Å². The van der Waals surface area contributed by atoms with Crippen molar-refractivity contribution in [1.82, 2.24) is 4.90 Å². The predicted molar refractivity (Wildman–Crippen MR) is 103 cm³/mol. The van der Waals surface area contributed by atoms with Crippen molar-refractivity contribution in [1.29, 1.82) is 0 Å². The molecule has 0 spiro atoms. The number of nitrogens with zero attached hydrogens (tertiary/aromatic N) is 1. The Kier molecular flexibility index (Phi) is 7.14. The molecule has 1 atom stereocenters. The van der Waals surface area contributed by atoms with Gasteiger partial charge in [0, 0.05) is 12.6 Å². The van der Waals surface area contributed by atoms with E-state index in [1.165, 1.54) is 23.1 Å². The normalized spacial score (nSPS) is 16.5. The van der Waals surface area contributed by atoms with Crippen LogP contribution in [0.5, 0.6) is 5.75 Å². The number of halogens is 1. The second kappa shape index (κ2) is 9.10. The molecular weight excluding hydrogens is 318 g/mol. The fourth-order valence-electron chi connectivity index (χ4n) is 3.76. The summed E-state index contributed by atoms with van der Waals surface area (Å²) in [5.74, 6) is 0.479. The first-order valence-electron chi connectivity index (χ1n) is 8.85. The molecule has 2 aromatic rings. The predicted octanol–water partition coefficient (Wildman–Crippen LogP) is 4.63. The lowest BCUT2D eigenvalue weighted by molar-refractivity contribution is 0.181. The second-order valence-corrected chi connectivity index (χ2v) is 6.58. The highest BCUT2D eigenvalue weighted by molar-refractivity contribution is 5.85. The molecule has 1 aliphatic rings. The Morgan fingerprint density at radius 2 is 1.83 bits per heavy atom. The third-order valence-corrected chi connectivity index (χ3v) is 4.99. The van der Waals surface area contributed by atoms with Gasteiger partial charge in [-0.15, -0.1) is 12.4 Å². The van der Waals surface area contributed by atoms with Crippen molar-refractivity contribution < 1.29 is 5.11 Å². The van der Waals surface area contributed by atoms with Gasteiger partial charge in [-0.1, -0.05) is 49.4 Å². The van der Waals surface area contributed by atoms with E-state index in [1.54, 1.807) is 0 Å². The third kappa shape index (κ3) is 4.52. The third-order valence-electron chi connectivity index (χ3n) is 4.99. The van der Waals surface area contributed by atoms with Crippen LogP contribution in [0.4, 0.5) is 0 Å². The Hall–Kier alpha value is -1.51. The van der Waals surface area contributed by atoms with Crippen LogP contribution in [0.25, 0.3) is 0 Å². The summed E-state index contributed by atoms with van der Waals surface area (Å²) in [5, 5.41) is 10.0. The highest BCUT2D eigenvalue weighted by Gasteiger charge is 2.25. The van der Waals surface area contributed by atoms with E-state index in [1.807, 2.05) is 12.1 Å². The van der Waals surface area contributed by atoms with E-state index < -0.39 is 0 Å². The summed E-state index contributed by atoms with van der Waals surface area (Å²) in [6.07, 6.45) is 5.53. The molecule has 24 heavy (non-hydrogen) atoms. The van der Waals surface area contributed by atoms with E-state index >= 15 is 0 Å². The summed E-state index contributed by atoms with van der Waals surface area (Å²) in [6, 6.07) is 17.4. The number of hydrogen-bond acceptors (Lipinski definition) is 2. The Balaban J connectivity index is 0.00000208. The van der Waals surface area contributed by atoms with Gasteiger partial charge in [-0.2, -0.15) is 0 Å². The Morgan fingerprint density at radius 1 is 1.04 bits per heavy atom. The molecule has 0 fully saturated rings. The summed E-state index contributed by atoms with van der Waals surface area (Å²) < 4.78 is 0. The molecule has 0 aliphatic heterocycles. The molecule has 2 nitrogen and oxygen atoms in total. The molecule has 1 aliphatic carbocycles. The lowest BCUT2D eigenvalue weighted by atomic mass is 9.86. The molecule has 2 aromatic carbocycles. The number of phenols is 1. The van der Waals surface area contributed by atoms with Crippen LogP contribution in [0.15, 0.2) is 48.5 Å². The molecule has 3 rings (SSSR count). The van der Waals surface area contributed by atoms with Crippen molar-refractivity contribution in [3.63, 3.8) is 0 Å². The lowest BCUT2D eigenvalue weighted by Crippen LogP contribution is -2.41. The first kappa shape index (κ1) is 18.8. The van der Waals surface area contributed by atoms with Gasteiger partial charge in [-0.25, -0.2) is 0 Å². The zero-order chi connectivity index (χ0) is 16.1. The largest absolute Gasteiger partial charge is 0.508 e.